The Hall–Kier alpha value is 0.190. The summed E-state index contributed by atoms with van der Waals surface area (Å²) in [5.74, 6) is 0.816. The summed E-state index contributed by atoms with van der Waals surface area (Å²) < 4.78 is 2.51. The molecule has 0 bridgehead atoms. The van der Waals surface area contributed by atoms with Crippen molar-refractivity contribution in [2.45, 2.75) is 25.3 Å². The third-order valence-electron chi connectivity index (χ3n) is 3.81. The number of hydrogen-bond donors (Lipinski definition) is 1. The third kappa shape index (κ3) is 3.20. The number of rotatable bonds is 4. The van der Waals surface area contributed by atoms with Gasteiger partial charge in [-0.2, -0.15) is 0 Å². The van der Waals surface area contributed by atoms with Gasteiger partial charge in [-0.05, 0) is 88.4 Å². The topological polar surface area (TPSA) is 15.3 Å². The van der Waals surface area contributed by atoms with Gasteiger partial charge >= 0.3 is 0 Å². The third-order valence-corrected chi connectivity index (χ3v) is 5.11. The summed E-state index contributed by atoms with van der Waals surface area (Å²) in [6.45, 7) is 3.58. The van der Waals surface area contributed by atoms with Gasteiger partial charge in [-0.25, -0.2) is 0 Å². The van der Waals surface area contributed by atoms with E-state index in [1.165, 1.54) is 52.6 Å². The minimum Gasteiger partial charge on any atom is -0.370 e. The van der Waals surface area contributed by atoms with Crippen LogP contribution in [0.4, 0.5) is 5.69 Å². The molecule has 4 heteroatoms. The normalized spacial score (nSPS) is 23.7. The average molecular weight is 421 g/mol. The number of hydrogen-bond acceptors (Lipinski definition) is 2. The molecule has 1 aromatic carbocycles. The van der Waals surface area contributed by atoms with Crippen LogP contribution in [0, 0.1) is 9.49 Å². The van der Waals surface area contributed by atoms with Gasteiger partial charge in [-0.15, -0.1) is 0 Å². The van der Waals surface area contributed by atoms with Crippen LogP contribution in [0.1, 0.15) is 19.3 Å². The van der Waals surface area contributed by atoms with E-state index in [1.54, 1.807) is 0 Å². The lowest BCUT2D eigenvalue weighted by Crippen LogP contribution is -2.27. The van der Waals surface area contributed by atoms with Crippen molar-refractivity contribution in [1.82, 2.24) is 5.32 Å². The molecule has 0 spiro atoms. The van der Waals surface area contributed by atoms with Crippen LogP contribution in [0.15, 0.2) is 22.7 Å². The molecule has 1 aliphatic carbocycles. The molecule has 2 fully saturated rings. The molecule has 1 saturated heterocycles. The van der Waals surface area contributed by atoms with Gasteiger partial charge in [0.15, 0.2) is 0 Å². The molecule has 0 radical (unpaired) electrons. The molecule has 1 N–H and O–H groups in total. The zero-order valence-electron chi connectivity index (χ0n) is 10.3. The summed E-state index contributed by atoms with van der Waals surface area (Å²) in [6.07, 6.45) is 4.09. The number of benzene rings is 1. The van der Waals surface area contributed by atoms with Crippen LogP contribution >= 0.6 is 38.5 Å². The van der Waals surface area contributed by atoms with E-state index < -0.39 is 0 Å². The summed E-state index contributed by atoms with van der Waals surface area (Å²) in [7, 11) is 0. The smallest absolute Gasteiger partial charge is 0.0511 e. The first-order valence-corrected chi connectivity index (χ1v) is 8.53. The Balaban J connectivity index is 1.59. The zero-order valence-corrected chi connectivity index (χ0v) is 14.1. The number of nitrogens with zero attached hydrogens (tertiary/aromatic N) is 1. The van der Waals surface area contributed by atoms with E-state index in [9.17, 15) is 0 Å². The summed E-state index contributed by atoms with van der Waals surface area (Å²) in [5, 5.41) is 3.65. The molecule has 98 valence electrons. The van der Waals surface area contributed by atoms with Crippen molar-refractivity contribution in [3.63, 3.8) is 0 Å². The number of anilines is 1. The first-order valence-electron chi connectivity index (χ1n) is 6.66. The number of halogens is 2. The highest BCUT2D eigenvalue weighted by molar-refractivity contribution is 14.1. The Labute approximate surface area is 131 Å². The van der Waals surface area contributed by atoms with Crippen molar-refractivity contribution in [2.24, 2.45) is 5.92 Å². The fraction of sp³-hybridized carbons (Fsp3) is 0.571. The van der Waals surface area contributed by atoms with Crippen molar-refractivity contribution < 1.29 is 0 Å². The van der Waals surface area contributed by atoms with Crippen molar-refractivity contribution >= 4 is 44.2 Å². The Morgan fingerprint density at radius 2 is 2.17 bits per heavy atom. The first kappa shape index (κ1) is 13.2. The van der Waals surface area contributed by atoms with Crippen LogP contribution in [0.3, 0.4) is 0 Å². The monoisotopic (exact) mass is 420 g/mol. The van der Waals surface area contributed by atoms with Crippen molar-refractivity contribution in [3.05, 3.63) is 26.2 Å². The lowest BCUT2D eigenvalue weighted by Gasteiger charge is -2.20. The van der Waals surface area contributed by atoms with E-state index in [4.69, 9.17) is 0 Å². The number of nitrogens with one attached hydrogen (secondary N) is 1. The molecule has 1 atom stereocenters. The molecular weight excluding hydrogens is 403 g/mol. The van der Waals surface area contributed by atoms with Gasteiger partial charge < -0.3 is 10.2 Å². The average Bonchev–Trinajstić information content (AvgIpc) is 3.05. The summed E-state index contributed by atoms with van der Waals surface area (Å²) in [6, 6.07) is 7.47. The standard InChI is InChI=1S/C14H18BrIN2/c15-13-7-11(16)1-4-14(13)18-6-5-10(9-18)8-17-12-2-3-12/h1,4,7,10,12,17H,2-3,5-6,8-9H2. The minimum atomic E-state index is 0.816. The molecule has 2 nitrogen and oxygen atoms in total. The summed E-state index contributed by atoms with van der Waals surface area (Å²) >= 11 is 6.05. The SMILES string of the molecule is Brc1cc(I)ccc1N1CCC(CNC2CC2)C1. The van der Waals surface area contributed by atoms with E-state index in [1.807, 2.05) is 0 Å². The quantitative estimate of drug-likeness (QED) is 0.748. The molecule has 0 aromatic heterocycles. The Kier molecular flexibility index (Phi) is 4.15. The van der Waals surface area contributed by atoms with Gasteiger partial charge in [-0.3, -0.25) is 0 Å². The first-order chi connectivity index (χ1) is 8.72. The molecule has 1 heterocycles. The van der Waals surface area contributed by atoms with Crippen LogP contribution in [-0.4, -0.2) is 25.7 Å². The Bertz CT molecular complexity index is 434. The molecule has 2 aliphatic rings. The largest absolute Gasteiger partial charge is 0.370 e. The van der Waals surface area contributed by atoms with Crippen molar-refractivity contribution in [1.29, 1.82) is 0 Å². The minimum absolute atomic E-state index is 0.816. The highest BCUT2D eigenvalue weighted by atomic mass is 127. The van der Waals surface area contributed by atoms with Gasteiger partial charge in [0.1, 0.15) is 0 Å². The molecule has 1 aromatic rings. The van der Waals surface area contributed by atoms with Gasteiger partial charge in [-0.1, -0.05) is 0 Å². The van der Waals surface area contributed by atoms with E-state index in [-0.39, 0.29) is 0 Å². The van der Waals surface area contributed by atoms with E-state index >= 15 is 0 Å². The van der Waals surface area contributed by atoms with Gasteiger partial charge in [0.05, 0.1) is 5.69 Å². The molecule has 3 rings (SSSR count). The molecule has 1 aliphatic heterocycles. The summed E-state index contributed by atoms with van der Waals surface area (Å²) in [5.41, 5.74) is 1.35. The fourth-order valence-corrected chi connectivity index (χ4v) is 4.13. The molecule has 18 heavy (non-hydrogen) atoms. The zero-order chi connectivity index (χ0) is 12.5. The summed E-state index contributed by atoms with van der Waals surface area (Å²) in [4.78, 5) is 2.51. The van der Waals surface area contributed by atoms with E-state index in [0.717, 1.165) is 12.0 Å². The van der Waals surface area contributed by atoms with Gasteiger partial charge in [0, 0.05) is 27.2 Å². The lowest BCUT2D eigenvalue weighted by molar-refractivity contribution is 0.515. The highest BCUT2D eigenvalue weighted by Gasteiger charge is 2.26. The second kappa shape index (κ2) is 5.67. The van der Waals surface area contributed by atoms with Crippen molar-refractivity contribution in [2.75, 3.05) is 24.5 Å². The highest BCUT2D eigenvalue weighted by Crippen LogP contribution is 2.32. The second-order valence-corrected chi connectivity index (χ2v) is 7.48. The van der Waals surface area contributed by atoms with E-state index in [0.29, 0.717) is 0 Å². The molecular formula is C14H18BrIN2. The van der Waals surface area contributed by atoms with Crippen LogP contribution in [-0.2, 0) is 0 Å². The van der Waals surface area contributed by atoms with Gasteiger partial charge in [0.25, 0.3) is 0 Å². The molecule has 0 amide bonds. The van der Waals surface area contributed by atoms with Crippen molar-refractivity contribution in [3.8, 4) is 0 Å². The lowest BCUT2D eigenvalue weighted by atomic mass is 10.1. The molecule has 1 saturated carbocycles. The van der Waals surface area contributed by atoms with Crippen LogP contribution < -0.4 is 10.2 Å². The predicted molar refractivity (Wildman–Crippen MR) is 88.2 cm³/mol. The molecule has 1 unspecified atom stereocenters. The second-order valence-electron chi connectivity index (χ2n) is 5.38. The maximum Gasteiger partial charge on any atom is 0.0511 e. The van der Waals surface area contributed by atoms with Gasteiger partial charge in [0.2, 0.25) is 0 Å². The van der Waals surface area contributed by atoms with E-state index in [2.05, 4.69) is 66.9 Å². The van der Waals surface area contributed by atoms with Crippen LogP contribution in [0.25, 0.3) is 0 Å². The fourth-order valence-electron chi connectivity index (χ4n) is 2.58. The predicted octanol–water partition coefficient (Wildman–Crippen LogP) is 3.63. The van der Waals surface area contributed by atoms with Crippen LogP contribution in [0.5, 0.6) is 0 Å². The Morgan fingerprint density at radius 3 is 2.89 bits per heavy atom. The van der Waals surface area contributed by atoms with Crippen LogP contribution in [0.2, 0.25) is 0 Å². The maximum atomic E-state index is 3.69. The Morgan fingerprint density at radius 1 is 1.33 bits per heavy atom. The maximum absolute atomic E-state index is 3.69.